The fourth-order valence-corrected chi connectivity index (χ4v) is 2.88. The van der Waals surface area contributed by atoms with Gasteiger partial charge in [-0.2, -0.15) is 18.3 Å². The molecule has 1 fully saturated rings. The number of hydrogen-bond donors (Lipinski definition) is 0. The molecule has 1 atom stereocenters. The zero-order valence-corrected chi connectivity index (χ0v) is 13.0. The molecule has 6 nitrogen and oxygen atoms in total. The Morgan fingerprint density at radius 1 is 1.33 bits per heavy atom. The summed E-state index contributed by atoms with van der Waals surface area (Å²) in [5.41, 5.74) is -0.490. The minimum atomic E-state index is -4.51. The Kier molecular flexibility index (Phi) is 4.25. The summed E-state index contributed by atoms with van der Waals surface area (Å²) in [6, 6.07) is 2.13. The number of rotatable bonds is 4. The van der Waals surface area contributed by atoms with Crippen LogP contribution in [0.25, 0.3) is 0 Å². The van der Waals surface area contributed by atoms with Gasteiger partial charge in [-0.15, -0.1) is 10.2 Å². The van der Waals surface area contributed by atoms with Crippen molar-refractivity contribution in [1.82, 2.24) is 20.0 Å². The third kappa shape index (κ3) is 3.39. The van der Waals surface area contributed by atoms with E-state index in [2.05, 4.69) is 15.3 Å². The molecule has 0 saturated carbocycles. The maximum absolute atomic E-state index is 12.6. The highest BCUT2D eigenvalue weighted by atomic mass is 19.4. The molecule has 3 rings (SSSR count). The Balaban J connectivity index is 1.72. The Morgan fingerprint density at radius 2 is 2.12 bits per heavy atom. The molecule has 9 heteroatoms. The van der Waals surface area contributed by atoms with E-state index in [4.69, 9.17) is 0 Å². The van der Waals surface area contributed by atoms with E-state index in [9.17, 15) is 18.0 Å². The molecule has 0 aliphatic carbocycles. The van der Waals surface area contributed by atoms with Crippen molar-refractivity contribution in [3.05, 3.63) is 35.8 Å². The van der Waals surface area contributed by atoms with Crippen molar-refractivity contribution in [3.63, 3.8) is 0 Å². The molecule has 24 heavy (non-hydrogen) atoms. The molecule has 2 aromatic rings. The molecule has 1 aliphatic rings. The van der Waals surface area contributed by atoms with Crippen LogP contribution in [0.4, 0.5) is 19.0 Å². The van der Waals surface area contributed by atoms with Gasteiger partial charge in [0.25, 0.3) is 0 Å². The lowest BCUT2D eigenvalue weighted by Gasteiger charge is -2.24. The Hall–Kier alpha value is -2.45. The average molecular weight is 339 g/mol. The highest BCUT2D eigenvalue weighted by molar-refractivity contribution is 5.96. The molecule has 1 unspecified atom stereocenters. The van der Waals surface area contributed by atoms with Gasteiger partial charge in [-0.25, -0.2) is 0 Å². The van der Waals surface area contributed by atoms with Crippen molar-refractivity contribution in [2.24, 2.45) is 7.05 Å². The maximum Gasteiger partial charge on any atom is 0.435 e. The quantitative estimate of drug-likeness (QED) is 0.801. The van der Waals surface area contributed by atoms with E-state index in [1.807, 2.05) is 4.90 Å². The normalized spacial score (nSPS) is 18.2. The molecule has 0 aromatic carbocycles. The van der Waals surface area contributed by atoms with Gasteiger partial charge in [0.2, 0.25) is 0 Å². The average Bonchev–Trinajstić information content (AvgIpc) is 3.15. The molecule has 0 radical (unpaired) electrons. The number of carbonyl (C=O) groups is 1. The lowest BCUT2D eigenvalue weighted by molar-refractivity contribution is -0.141. The number of Topliss-reactive ketones (excluding diaryl/α,β-unsaturated/α-hetero) is 1. The molecule has 0 amide bonds. The summed E-state index contributed by atoms with van der Waals surface area (Å²) in [5.74, 6) is 0.323. The van der Waals surface area contributed by atoms with Gasteiger partial charge in [0.15, 0.2) is 17.3 Å². The van der Waals surface area contributed by atoms with Crippen molar-refractivity contribution < 1.29 is 18.0 Å². The summed E-state index contributed by atoms with van der Waals surface area (Å²) >= 11 is 0. The Labute approximate surface area is 136 Å². The van der Waals surface area contributed by atoms with Crippen LogP contribution in [-0.4, -0.2) is 38.3 Å². The highest BCUT2D eigenvalue weighted by Gasteiger charge is 2.34. The van der Waals surface area contributed by atoms with Gasteiger partial charge in [0.05, 0.1) is 11.8 Å². The summed E-state index contributed by atoms with van der Waals surface area (Å²) in [4.78, 5) is 14.2. The first-order valence-electron chi connectivity index (χ1n) is 7.54. The van der Waals surface area contributed by atoms with E-state index in [-0.39, 0.29) is 18.2 Å². The van der Waals surface area contributed by atoms with Crippen LogP contribution < -0.4 is 4.90 Å². The van der Waals surface area contributed by atoms with Crippen LogP contribution in [0.5, 0.6) is 0 Å². The standard InChI is InChI=1S/C15H16F3N5O/c1-22-9-10(8-19-22)12(24)7-11-3-2-6-23(11)14-5-4-13(20-21-14)15(16,17)18/h4-5,8-9,11H,2-3,6-7H2,1H3. The Bertz CT molecular complexity index is 725. The number of anilines is 1. The minimum Gasteiger partial charge on any atom is -0.352 e. The van der Waals surface area contributed by atoms with Crippen molar-refractivity contribution in [2.45, 2.75) is 31.5 Å². The van der Waals surface area contributed by atoms with Gasteiger partial charge in [0, 0.05) is 32.3 Å². The molecule has 2 aromatic heterocycles. The van der Waals surface area contributed by atoms with Gasteiger partial charge >= 0.3 is 6.18 Å². The van der Waals surface area contributed by atoms with Gasteiger partial charge in [-0.05, 0) is 25.0 Å². The molecule has 0 bridgehead atoms. The van der Waals surface area contributed by atoms with Crippen LogP contribution in [0, 0.1) is 0 Å². The number of ketones is 1. The number of hydrogen-bond acceptors (Lipinski definition) is 5. The topological polar surface area (TPSA) is 63.9 Å². The third-order valence-corrected chi connectivity index (χ3v) is 4.06. The second kappa shape index (κ2) is 6.21. The van der Waals surface area contributed by atoms with Gasteiger partial charge in [-0.1, -0.05) is 0 Å². The largest absolute Gasteiger partial charge is 0.435 e. The molecule has 3 heterocycles. The lowest BCUT2D eigenvalue weighted by Crippen LogP contribution is -2.32. The van der Waals surface area contributed by atoms with E-state index < -0.39 is 11.9 Å². The van der Waals surface area contributed by atoms with E-state index >= 15 is 0 Å². The zero-order chi connectivity index (χ0) is 17.3. The first-order chi connectivity index (χ1) is 11.3. The van der Waals surface area contributed by atoms with Crippen molar-refractivity contribution in [2.75, 3.05) is 11.4 Å². The number of aryl methyl sites for hydroxylation is 1. The van der Waals surface area contributed by atoms with Gasteiger partial charge in [-0.3, -0.25) is 9.48 Å². The van der Waals surface area contributed by atoms with Crippen molar-refractivity contribution in [3.8, 4) is 0 Å². The van der Waals surface area contributed by atoms with E-state index in [1.54, 1.807) is 17.9 Å². The molecule has 0 N–H and O–H groups in total. The minimum absolute atomic E-state index is 0.0418. The molecule has 1 saturated heterocycles. The van der Waals surface area contributed by atoms with Crippen LogP contribution in [0.1, 0.15) is 35.3 Å². The first kappa shape index (κ1) is 16.4. The lowest BCUT2D eigenvalue weighted by atomic mass is 10.0. The SMILES string of the molecule is Cn1cc(C(=O)CC2CCCN2c2ccc(C(F)(F)F)nn2)cn1. The number of nitrogens with zero attached hydrogens (tertiary/aromatic N) is 5. The zero-order valence-electron chi connectivity index (χ0n) is 13.0. The van der Waals surface area contributed by atoms with Crippen LogP contribution >= 0.6 is 0 Å². The fourth-order valence-electron chi connectivity index (χ4n) is 2.88. The smallest absolute Gasteiger partial charge is 0.352 e. The van der Waals surface area contributed by atoms with E-state index in [0.717, 1.165) is 18.9 Å². The van der Waals surface area contributed by atoms with Crippen molar-refractivity contribution in [1.29, 1.82) is 0 Å². The molecule has 0 spiro atoms. The number of alkyl halides is 3. The monoisotopic (exact) mass is 339 g/mol. The van der Waals surface area contributed by atoms with Gasteiger partial charge < -0.3 is 4.90 Å². The summed E-state index contributed by atoms with van der Waals surface area (Å²) in [7, 11) is 1.73. The highest BCUT2D eigenvalue weighted by Crippen LogP contribution is 2.30. The van der Waals surface area contributed by atoms with E-state index in [1.165, 1.54) is 12.3 Å². The fraction of sp³-hybridized carbons (Fsp3) is 0.467. The predicted molar refractivity (Wildman–Crippen MR) is 79.6 cm³/mol. The third-order valence-electron chi connectivity index (χ3n) is 4.06. The predicted octanol–water partition coefficient (Wildman–Crippen LogP) is 2.47. The molecular weight excluding hydrogens is 323 g/mol. The van der Waals surface area contributed by atoms with Crippen LogP contribution in [0.2, 0.25) is 0 Å². The van der Waals surface area contributed by atoms with Crippen LogP contribution in [-0.2, 0) is 13.2 Å². The molecule has 128 valence electrons. The molecular formula is C15H16F3N5O. The number of aromatic nitrogens is 4. The summed E-state index contributed by atoms with van der Waals surface area (Å²) in [6.45, 7) is 0.644. The van der Waals surface area contributed by atoms with Crippen molar-refractivity contribution >= 4 is 11.6 Å². The summed E-state index contributed by atoms with van der Waals surface area (Å²) in [5, 5.41) is 10.9. The van der Waals surface area contributed by atoms with Gasteiger partial charge in [0.1, 0.15) is 0 Å². The molecule has 1 aliphatic heterocycles. The Morgan fingerprint density at radius 3 is 2.71 bits per heavy atom. The summed E-state index contributed by atoms with van der Waals surface area (Å²) in [6.07, 6.45) is 0.572. The van der Waals surface area contributed by atoms with E-state index in [0.29, 0.717) is 17.9 Å². The summed E-state index contributed by atoms with van der Waals surface area (Å²) < 4.78 is 39.3. The second-order valence-electron chi connectivity index (χ2n) is 5.79. The maximum atomic E-state index is 12.6. The first-order valence-corrected chi connectivity index (χ1v) is 7.54. The number of carbonyl (C=O) groups excluding carboxylic acids is 1. The van der Waals surface area contributed by atoms with Crippen LogP contribution in [0.15, 0.2) is 24.5 Å². The second-order valence-corrected chi connectivity index (χ2v) is 5.79. The number of halogens is 3. The van der Waals surface area contributed by atoms with Crippen LogP contribution in [0.3, 0.4) is 0 Å².